The third kappa shape index (κ3) is 1.62. The molecule has 0 unspecified atom stereocenters. The van der Waals surface area contributed by atoms with Crippen LogP contribution in [0.1, 0.15) is 5.82 Å². The minimum atomic E-state index is 0.139. The summed E-state index contributed by atoms with van der Waals surface area (Å²) in [6.07, 6.45) is 1.48. The van der Waals surface area contributed by atoms with Crippen LogP contribution in [-0.2, 0) is 0 Å². The SMILES string of the molecule is N#Cc1ncn(-c2ccc3ccccc3n2)n1. The minimum Gasteiger partial charge on any atom is -0.229 e. The van der Waals surface area contributed by atoms with E-state index in [9.17, 15) is 0 Å². The van der Waals surface area contributed by atoms with Crippen LogP contribution in [0.4, 0.5) is 0 Å². The lowest BCUT2D eigenvalue weighted by Gasteiger charge is -2.01. The highest BCUT2D eigenvalue weighted by atomic mass is 15.4. The highest BCUT2D eigenvalue weighted by Crippen LogP contribution is 2.13. The quantitative estimate of drug-likeness (QED) is 0.627. The van der Waals surface area contributed by atoms with Crippen molar-refractivity contribution in [2.45, 2.75) is 0 Å². The van der Waals surface area contributed by atoms with Crippen molar-refractivity contribution in [3.05, 3.63) is 48.5 Å². The number of rotatable bonds is 1. The number of fused-ring (bicyclic) bond motifs is 1. The summed E-state index contributed by atoms with van der Waals surface area (Å²) in [6.45, 7) is 0. The Labute approximate surface area is 97.0 Å². The standard InChI is InChI=1S/C12H7N5/c13-7-11-14-8-17(16-11)12-6-5-9-3-1-2-4-10(9)15-12/h1-6,8H. The summed E-state index contributed by atoms with van der Waals surface area (Å²) in [5.74, 6) is 0.789. The molecule has 0 saturated carbocycles. The number of hydrogen-bond acceptors (Lipinski definition) is 4. The smallest absolute Gasteiger partial charge is 0.229 e. The van der Waals surface area contributed by atoms with E-state index < -0.39 is 0 Å². The fourth-order valence-corrected chi connectivity index (χ4v) is 1.61. The van der Waals surface area contributed by atoms with Crippen LogP contribution in [0.15, 0.2) is 42.7 Å². The third-order valence-corrected chi connectivity index (χ3v) is 2.41. The highest BCUT2D eigenvalue weighted by Gasteiger charge is 2.03. The molecule has 0 N–H and O–H groups in total. The zero-order chi connectivity index (χ0) is 11.7. The van der Waals surface area contributed by atoms with E-state index >= 15 is 0 Å². The molecule has 2 heterocycles. The van der Waals surface area contributed by atoms with Gasteiger partial charge in [-0.3, -0.25) is 0 Å². The van der Waals surface area contributed by atoms with Gasteiger partial charge >= 0.3 is 0 Å². The van der Waals surface area contributed by atoms with Crippen LogP contribution >= 0.6 is 0 Å². The molecule has 0 amide bonds. The lowest BCUT2D eigenvalue weighted by Crippen LogP contribution is -1.98. The largest absolute Gasteiger partial charge is 0.252 e. The van der Waals surface area contributed by atoms with E-state index in [0.29, 0.717) is 5.82 Å². The van der Waals surface area contributed by atoms with E-state index in [1.54, 1.807) is 0 Å². The summed E-state index contributed by atoms with van der Waals surface area (Å²) in [6, 6.07) is 13.5. The molecule has 0 aliphatic heterocycles. The van der Waals surface area contributed by atoms with Gasteiger partial charge in [-0.15, -0.1) is 5.10 Å². The molecular formula is C12H7N5. The zero-order valence-corrected chi connectivity index (χ0v) is 8.78. The van der Waals surface area contributed by atoms with Gasteiger partial charge in [0.05, 0.1) is 5.52 Å². The second kappa shape index (κ2) is 3.68. The molecular weight excluding hydrogens is 214 g/mol. The van der Waals surface area contributed by atoms with Crippen molar-refractivity contribution < 1.29 is 0 Å². The molecule has 17 heavy (non-hydrogen) atoms. The molecule has 0 aliphatic carbocycles. The van der Waals surface area contributed by atoms with Gasteiger partial charge in [-0.05, 0) is 18.2 Å². The number of nitriles is 1. The van der Waals surface area contributed by atoms with Crippen molar-refractivity contribution in [1.82, 2.24) is 19.7 Å². The van der Waals surface area contributed by atoms with Gasteiger partial charge < -0.3 is 0 Å². The first-order valence-electron chi connectivity index (χ1n) is 5.05. The van der Waals surface area contributed by atoms with Gasteiger partial charge in [0.15, 0.2) is 5.82 Å². The Hall–Kier alpha value is -2.74. The van der Waals surface area contributed by atoms with Gasteiger partial charge in [0, 0.05) is 5.39 Å². The molecule has 5 nitrogen and oxygen atoms in total. The normalized spacial score (nSPS) is 10.3. The van der Waals surface area contributed by atoms with Crippen LogP contribution < -0.4 is 0 Å². The van der Waals surface area contributed by atoms with E-state index in [-0.39, 0.29) is 5.82 Å². The van der Waals surface area contributed by atoms with E-state index in [4.69, 9.17) is 5.26 Å². The molecule has 5 heteroatoms. The van der Waals surface area contributed by atoms with Crippen LogP contribution in [0, 0.1) is 11.3 Å². The average molecular weight is 221 g/mol. The first-order chi connectivity index (χ1) is 8.36. The fourth-order valence-electron chi connectivity index (χ4n) is 1.61. The number of benzene rings is 1. The van der Waals surface area contributed by atoms with Crippen molar-refractivity contribution in [2.75, 3.05) is 0 Å². The maximum atomic E-state index is 8.66. The highest BCUT2D eigenvalue weighted by molar-refractivity contribution is 5.79. The fraction of sp³-hybridized carbons (Fsp3) is 0. The molecule has 0 atom stereocenters. The second-order valence-electron chi connectivity index (χ2n) is 3.49. The molecule has 2 aromatic heterocycles. The Morgan fingerprint density at radius 2 is 2.00 bits per heavy atom. The molecule has 80 valence electrons. The van der Waals surface area contributed by atoms with Crippen molar-refractivity contribution >= 4 is 10.9 Å². The van der Waals surface area contributed by atoms with Crippen LogP contribution in [0.2, 0.25) is 0 Å². The number of aromatic nitrogens is 4. The maximum Gasteiger partial charge on any atom is 0.252 e. The Balaban J connectivity index is 2.15. The van der Waals surface area contributed by atoms with Gasteiger partial charge in [-0.1, -0.05) is 18.2 Å². The Bertz CT molecular complexity index is 723. The summed E-state index contributed by atoms with van der Waals surface area (Å²) >= 11 is 0. The first kappa shape index (κ1) is 9.48. The third-order valence-electron chi connectivity index (χ3n) is 2.41. The molecule has 0 saturated heterocycles. The van der Waals surface area contributed by atoms with Crippen LogP contribution in [-0.4, -0.2) is 19.7 Å². The molecule has 0 spiro atoms. The maximum absolute atomic E-state index is 8.66. The number of pyridine rings is 1. The van der Waals surface area contributed by atoms with E-state index in [2.05, 4.69) is 15.1 Å². The summed E-state index contributed by atoms with van der Waals surface area (Å²) in [5, 5.41) is 13.7. The van der Waals surface area contributed by atoms with Crippen molar-refractivity contribution in [3.8, 4) is 11.9 Å². The van der Waals surface area contributed by atoms with Crippen LogP contribution in [0.25, 0.3) is 16.7 Å². The topological polar surface area (TPSA) is 67.4 Å². The van der Waals surface area contributed by atoms with Crippen molar-refractivity contribution in [3.63, 3.8) is 0 Å². The van der Waals surface area contributed by atoms with Crippen molar-refractivity contribution in [2.24, 2.45) is 0 Å². The molecule has 0 aliphatic rings. The lowest BCUT2D eigenvalue weighted by molar-refractivity contribution is 0.846. The molecule has 1 aromatic carbocycles. The van der Waals surface area contributed by atoms with E-state index in [0.717, 1.165) is 10.9 Å². The summed E-state index contributed by atoms with van der Waals surface area (Å²) in [4.78, 5) is 8.29. The zero-order valence-electron chi connectivity index (χ0n) is 8.78. The summed E-state index contributed by atoms with van der Waals surface area (Å²) in [5.41, 5.74) is 0.888. The Morgan fingerprint density at radius 1 is 1.12 bits per heavy atom. The van der Waals surface area contributed by atoms with Crippen LogP contribution in [0.5, 0.6) is 0 Å². The summed E-state index contributed by atoms with van der Waals surface area (Å²) in [7, 11) is 0. The molecule has 0 bridgehead atoms. The monoisotopic (exact) mass is 221 g/mol. The predicted octanol–water partition coefficient (Wildman–Crippen LogP) is 1.69. The van der Waals surface area contributed by atoms with Gasteiger partial charge in [0.25, 0.3) is 5.82 Å². The Morgan fingerprint density at radius 3 is 2.82 bits per heavy atom. The van der Waals surface area contributed by atoms with Crippen LogP contribution in [0.3, 0.4) is 0 Å². The minimum absolute atomic E-state index is 0.139. The van der Waals surface area contributed by atoms with Gasteiger partial charge in [0.2, 0.25) is 0 Å². The summed E-state index contributed by atoms with van der Waals surface area (Å²) < 4.78 is 1.49. The van der Waals surface area contributed by atoms with Crippen molar-refractivity contribution in [1.29, 1.82) is 5.26 Å². The molecule has 3 aromatic rings. The lowest BCUT2D eigenvalue weighted by atomic mass is 10.2. The molecule has 0 radical (unpaired) electrons. The van der Waals surface area contributed by atoms with Gasteiger partial charge in [-0.2, -0.15) is 5.26 Å². The van der Waals surface area contributed by atoms with Gasteiger partial charge in [-0.25, -0.2) is 14.6 Å². The number of nitrogens with zero attached hydrogens (tertiary/aromatic N) is 5. The Kier molecular flexibility index (Phi) is 2.06. The number of hydrogen-bond donors (Lipinski definition) is 0. The molecule has 0 fully saturated rings. The first-order valence-corrected chi connectivity index (χ1v) is 5.05. The molecule has 3 rings (SSSR count). The van der Waals surface area contributed by atoms with E-state index in [1.165, 1.54) is 11.0 Å². The second-order valence-corrected chi connectivity index (χ2v) is 3.49. The predicted molar refractivity (Wildman–Crippen MR) is 61.4 cm³/mol. The van der Waals surface area contributed by atoms with Gasteiger partial charge in [0.1, 0.15) is 12.4 Å². The average Bonchev–Trinajstić information content (AvgIpc) is 2.87. The number of para-hydroxylation sites is 1. The van der Waals surface area contributed by atoms with E-state index in [1.807, 2.05) is 42.5 Å².